The van der Waals surface area contributed by atoms with Gasteiger partial charge >= 0.3 is 0 Å². The van der Waals surface area contributed by atoms with Crippen molar-refractivity contribution in [2.45, 2.75) is 18.9 Å². The second-order valence-electron chi connectivity index (χ2n) is 4.46. The first-order valence-corrected chi connectivity index (χ1v) is 5.56. The number of benzene rings is 1. The maximum atomic E-state index is 5.46. The van der Waals surface area contributed by atoms with Crippen LogP contribution in [0.1, 0.15) is 11.1 Å². The zero-order chi connectivity index (χ0) is 11.7. The molecule has 0 aromatic heterocycles. The molecule has 0 heterocycles. The van der Waals surface area contributed by atoms with Gasteiger partial charge in [0.25, 0.3) is 0 Å². The highest BCUT2D eigenvalue weighted by Crippen LogP contribution is 2.38. The molecule has 0 saturated heterocycles. The van der Waals surface area contributed by atoms with Crippen molar-refractivity contribution in [2.75, 3.05) is 28.3 Å². The van der Waals surface area contributed by atoms with Crippen molar-refractivity contribution in [2.24, 2.45) is 0 Å². The fraction of sp³-hybridized carbons (Fsp3) is 0.538. The minimum Gasteiger partial charge on any atom is -0.493 e. The summed E-state index contributed by atoms with van der Waals surface area (Å²) in [5, 5.41) is 0. The van der Waals surface area contributed by atoms with Crippen molar-refractivity contribution in [3.63, 3.8) is 0 Å². The Balaban J connectivity index is 2.38. The van der Waals surface area contributed by atoms with E-state index in [0.29, 0.717) is 6.04 Å². The fourth-order valence-corrected chi connectivity index (χ4v) is 2.37. The molecular formula is C13H19NO2. The van der Waals surface area contributed by atoms with Crippen molar-refractivity contribution in [3.05, 3.63) is 23.3 Å². The Bertz CT molecular complexity index is 388. The predicted octanol–water partition coefficient (Wildman–Crippen LogP) is 1.73. The summed E-state index contributed by atoms with van der Waals surface area (Å²) in [7, 11) is 7.64. The van der Waals surface area contributed by atoms with E-state index < -0.39 is 0 Å². The van der Waals surface area contributed by atoms with Crippen LogP contribution in [0.4, 0.5) is 0 Å². The van der Waals surface area contributed by atoms with E-state index in [-0.39, 0.29) is 0 Å². The Hall–Kier alpha value is -1.22. The summed E-state index contributed by atoms with van der Waals surface area (Å²) in [6.07, 6.45) is 2.14. The molecule has 0 radical (unpaired) electrons. The lowest BCUT2D eigenvalue weighted by atomic mass is 10.1. The summed E-state index contributed by atoms with van der Waals surface area (Å²) in [6.45, 7) is 0. The van der Waals surface area contributed by atoms with Crippen LogP contribution in [0.15, 0.2) is 12.1 Å². The monoisotopic (exact) mass is 221 g/mol. The summed E-state index contributed by atoms with van der Waals surface area (Å²) in [5.74, 6) is 1.74. The minimum absolute atomic E-state index is 0.580. The Morgan fingerprint density at radius 1 is 1.12 bits per heavy atom. The van der Waals surface area contributed by atoms with E-state index in [9.17, 15) is 0 Å². The summed E-state index contributed by atoms with van der Waals surface area (Å²) in [4.78, 5) is 2.27. The molecule has 0 N–H and O–H groups in total. The van der Waals surface area contributed by atoms with E-state index in [2.05, 4.69) is 25.1 Å². The highest BCUT2D eigenvalue weighted by atomic mass is 16.5. The van der Waals surface area contributed by atoms with Crippen LogP contribution in [0.2, 0.25) is 0 Å². The van der Waals surface area contributed by atoms with Crippen molar-refractivity contribution in [1.82, 2.24) is 4.90 Å². The van der Waals surface area contributed by atoms with Gasteiger partial charge in [0.05, 0.1) is 14.2 Å². The second kappa shape index (κ2) is 4.34. The normalized spacial score (nSPS) is 18.7. The zero-order valence-corrected chi connectivity index (χ0v) is 10.4. The summed E-state index contributed by atoms with van der Waals surface area (Å²) >= 11 is 0. The van der Waals surface area contributed by atoms with E-state index in [1.165, 1.54) is 11.1 Å². The van der Waals surface area contributed by atoms with Gasteiger partial charge in [0.2, 0.25) is 0 Å². The SMILES string of the molecule is COc1ccc2c(c1OC)CC(N(C)C)C2. The van der Waals surface area contributed by atoms with Crippen LogP contribution in [0.25, 0.3) is 0 Å². The molecule has 1 unspecified atom stereocenters. The molecule has 0 spiro atoms. The number of hydrogen-bond donors (Lipinski definition) is 0. The maximum Gasteiger partial charge on any atom is 0.164 e. The first-order valence-electron chi connectivity index (χ1n) is 5.56. The highest BCUT2D eigenvalue weighted by Gasteiger charge is 2.27. The minimum atomic E-state index is 0.580. The van der Waals surface area contributed by atoms with Gasteiger partial charge in [-0.1, -0.05) is 6.07 Å². The predicted molar refractivity (Wildman–Crippen MR) is 64.4 cm³/mol. The molecule has 1 atom stereocenters. The molecule has 0 aliphatic heterocycles. The third kappa shape index (κ3) is 1.76. The topological polar surface area (TPSA) is 21.7 Å². The average Bonchev–Trinajstić information content (AvgIpc) is 2.71. The van der Waals surface area contributed by atoms with Crippen LogP contribution in [0.3, 0.4) is 0 Å². The molecule has 1 aliphatic rings. The molecule has 0 bridgehead atoms. The molecule has 3 nitrogen and oxygen atoms in total. The van der Waals surface area contributed by atoms with Crippen LogP contribution >= 0.6 is 0 Å². The summed E-state index contributed by atoms with van der Waals surface area (Å²) in [6, 6.07) is 4.73. The van der Waals surface area contributed by atoms with E-state index in [1.54, 1.807) is 14.2 Å². The molecule has 88 valence electrons. The zero-order valence-electron chi connectivity index (χ0n) is 10.4. The van der Waals surface area contributed by atoms with Gasteiger partial charge in [-0.25, -0.2) is 0 Å². The molecule has 3 heteroatoms. The number of ether oxygens (including phenoxy) is 2. The fourth-order valence-electron chi connectivity index (χ4n) is 2.37. The van der Waals surface area contributed by atoms with Gasteiger partial charge in [0, 0.05) is 11.6 Å². The quantitative estimate of drug-likeness (QED) is 0.776. The van der Waals surface area contributed by atoms with Crippen LogP contribution < -0.4 is 9.47 Å². The maximum absolute atomic E-state index is 5.46. The number of likely N-dealkylation sites (N-methyl/N-ethyl adjacent to an activating group) is 1. The molecule has 0 amide bonds. The molecule has 1 aliphatic carbocycles. The summed E-state index contributed by atoms with van der Waals surface area (Å²) < 4.78 is 10.8. The molecule has 0 saturated carbocycles. The number of rotatable bonds is 3. The lowest BCUT2D eigenvalue weighted by Crippen LogP contribution is -2.28. The van der Waals surface area contributed by atoms with E-state index in [4.69, 9.17) is 9.47 Å². The molecule has 0 fully saturated rings. The number of nitrogens with zero attached hydrogens (tertiary/aromatic N) is 1. The van der Waals surface area contributed by atoms with Crippen molar-refractivity contribution >= 4 is 0 Å². The molecule has 2 rings (SSSR count). The van der Waals surface area contributed by atoms with Crippen LogP contribution in [-0.4, -0.2) is 39.3 Å². The van der Waals surface area contributed by atoms with Gasteiger partial charge in [0.1, 0.15) is 0 Å². The van der Waals surface area contributed by atoms with Crippen molar-refractivity contribution in [1.29, 1.82) is 0 Å². The van der Waals surface area contributed by atoms with Gasteiger partial charge in [-0.05, 0) is 38.6 Å². The lowest BCUT2D eigenvalue weighted by Gasteiger charge is -2.18. The van der Waals surface area contributed by atoms with E-state index >= 15 is 0 Å². The van der Waals surface area contributed by atoms with Crippen molar-refractivity contribution < 1.29 is 9.47 Å². The van der Waals surface area contributed by atoms with Gasteiger partial charge in [-0.3, -0.25) is 0 Å². The Morgan fingerprint density at radius 3 is 2.44 bits per heavy atom. The van der Waals surface area contributed by atoms with Crippen LogP contribution in [0.5, 0.6) is 11.5 Å². The van der Waals surface area contributed by atoms with E-state index in [1.807, 2.05) is 6.07 Å². The Morgan fingerprint density at radius 2 is 1.88 bits per heavy atom. The largest absolute Gasteiger partial charge is 0.493 e. The standard InChI is InChI=1S/C13H19NO2/c1-14(2)10-7-9-5-6-12(15-3)13(16-4)11(9)8-10/h5-6,10H,7-8H2,1-4H3. The van der Waals surface area contributed by atoms with Gasteiger partial charge in [-0.2, -0.15) is 0 Å². The lowest BCUT2D eigenvalue weighted by molar-refractivity contribution is 0.301. The van der Waals surface area contributed by atoms with Crippen molar-refractivity contribution in [3.8, 4) is 11.5 Å². The number of methoxy groups -OCH3 is 2. The smallest absolute Gasteiger partial charge is 0.164 e. The third-order valence-corrected chi connectivity index (χ3v) is 3.37. The second-order valence-corrected chi connectivity index (χ2v) is 4.46. The van der Waals surface area contributed by atoms with Gasteiger partial charge < -0.3 is 14.4 Å². The Kier molecular flexibility index (Phi) is 3.06. The number of fused-ring (bicyclic) bond motifs is 1. The first-order chi connectivity index (χ1) is 7.67. The van der Waals surface area contributed by atoms with Gasteiger partial charge in [-0.15, -0.1) is 0 Å². The average molecular weight is 221 g/mol. The molecule has 16 heavy (non-hydrogen) atoms. The molecular weight excluding hydrogens is 202 g/mol. The highest BCUT2D eigenvalue weighted by molar-refractivity contribution is 5.53. The van der Waals surface area contributed by atoms with Crippen LogP contribution in [-0.2, 0) is 12.8 Å². The van der Waals surface area contributed by atoms with E-state index in [0.717, 1.165) is 24.3 Å². The third-order valence-electron chi connectivity index (χ3n) is 3.37. The van der Waals surface area contributed by atoms with Gasteiger partial charge in [0.15, 0.2) is 11.5 Å². The molecule has 1 aromatic carbocycles. The first kappa shape index (κ1) is 11.3. The summed E-state index contributed by atoms with van der Waals surface area (Å²) in [5.41, 5.74) is 2.69. The number of hydrogen-bond acceptors (Lipinski definition) is 3. The molecule has 1 aromatic rings. The van der Waals surface area contributed by atoms with Crippen LogP contribution in [0, 0.1) is 0 Å². The Labute approximate surface area is 97.0 Å².